The van der Waals surface area contributed by atoms with Crippen LogP contribution in [0.4, 0.5) is 0 Å². The monoisotopic (exact) mass is 302 g/mol. The average Bonchev–Trinajstić information content (AvgIpc) is 3.11. The zero-order valence-electron chi connectivity index (χ0n) is 11.3. The van der Waals surface area contributed by atoms with Gasteiger partial charge in [-0.2, -0.15) is 0 Å². The lowest BCUT2D eigenvalue weighted by Crippen LogP contribution is -2.27. The predicted molar refractivity (Wildman–Crippen MR) is 82.1 cm³/mol. The van der Waals surface area contributed by atoms with E-state index in [4.69, 9.17) is 21.4 Å². The molecule has 0 radical (unpaired) electrons. The van der Waals surface area contributed by atoms with Crippen molar-refractivity contribution in [3.63, 3.8) is 0 Å². The predicted octanol–water partition coefficient (Wildman–Crippen LogP) is 2.98. The van der Waals surface area contributed by atoms with Gasteiger partial charge in [0.05, 0.1) is 12.6 Å². The molecule has 1 N–H and O–H groups in total. The van der Waals surface area contributed by atoms with Crippen molar-refractivity contribution in [3.05, 3.63) is 39.4 Å². The van der Waals surface area contributed by atoms with Gasteiger partial charge in [0.2, 0.25) is 5.58 Å². The fourth-order valence-corrected chi connectivity index (χ4v) is 3.13. The maximum Gasteiger partial charge on any atom is 0.298 e. The zero-order valence-corrected chi connectivity index (χ0v) is 12.1. The molecule has 21 heavy (non-hydrogen) atoms. The number of hydrogen-bond donors (Lipinski definition) is 1. The van der Waals surface area contributed by atoms with E-state index >= 15 is 0 Å². The third kappa shape index (κ3) is 2.02. The molecule has 1 aromatic carbocycles. The highest BCUT2D eigenvalue weighted by Crippen LogP contribution is 2.24. The lowest BCUT2D eigenvalue weighted by molar-refractivity contribution is 0.0956. The van der Waals surface area contributed by atoms with Crippen molar-refractivity contribution in [2.24, 2.45) is 0 Å². The van der Waals surface area contributed by atoms with Crippen molar-refractivity contribution in [1.82, 2.24) is 9.55 Å². The molecule has 2 aromatic heterocycles. The number of furan rings is 1. The van der Waals surface area contributed by atoms with Crippen molar-refractivity contribution in [2.45, 2.75) is 25.5 Å². The third-order valence-electron chi connectivity index (χ3n) is 3.92. The summed E-state index contributed by atoms with van der Waals surface area (Å²) in [5, 5.41) is 0.875. The summed E-state index contributed by atoms with van der Waals surface area (Å²) in [6.45, 7) is 1.23. The van der Waals surface area contributed by atoms with Gasteiger partial charge in [0, 0.05) is 12.0 Å². The van der Waals surface area contributed by atoms with Gasteiger partial charge in [0.15, 0.2) is 4.77 Å². The summed E-state index contributed by atoms with van der Waals surface area (Å²) in [6.07, 6.45) is 2.04. The number of fused-ring (bicyclic) bond motifs is 3. The minimum absolute atomic E-state index is 0.0552. The Hall–Kier alpha value is -1.92. The highest BCUT2D eigenvalue weighted by atomic mass is 32.1. The van der Waals surface area contributed by atoms with Crippen LogP contribution in [0.15, 0.2) is 33.5 Å². The first-order valence-corrected chi connectivity index (χ1v) is 7.41. The lowest BCUT2D eigenvalue weighted by Gasteiger charge is -2.11. The number of rotatable bonds is 2. The zero-order chi connectivity index (χ0) is 14.4. The highest BCUT2D eigenvalue weighted by molar-refractivity contribution is 7.71. The van der Waals surface area contributed by atoms with Gasteiger partial charge >= 0.3 is 0 Å². The Kier molecular flexibility index (Phi) is 2.94. The Balaban J connectivity index is 1.94. The summed E-state index contributed by atoms with van der Waals surface area (Å²) >= 11 is 5.34. The molecule has 1 aliphatic rings. The molecule has 1 saturated heterocycles. The molecule has 1 aliphatic heterocycles. The fraction of sp³-hybridized carbons (Fsp3) is 0.333. The maximum absolute atomic E-state index is 12.6. The van der Waals surface area contributed by atoms with Gasteiger partial charge in [0.1, 0.15) is 11.1 Å². The molecule has 1 atom stereocenters. The Bertz CT molecular complexity index is 931. The van der Waals surface area contributed by atoms with Crippen molar-refractivity contribution >= 4 is 34.3 Å². The van der Waals surface area contributed by atoms with Crippen molar-refractivity contribution in [2.75, 3.05) is 6.61 Å². The second-order valence-electron chi connectivity index (χ2n) is 5.28. The largest absolute Gasteiger partial charge is 0.449 e. The normalized spacial score (nSPS) is 18.8. The van der Waals surface area contributed by atoms with Crippen LogP contribution in [0.2, 0.25) is 0 Å². The van der Waals surface area contributed by atoms with E-state index < -0.39 is 0 Å². The Morgan fingerprint density at radius 1 is 1.38 bits per heavy atom. The number of ether oxygens (including phenoxy) is 1. The van der Waals surface area contributed by atoms with E-state index in [-0.39, 0.29) is 11.7 Å². The van der Waals surface area contributed by atoms with Crippen LogP contribution >= 0.6 is 12.2 Å². The van der Waals surface area contributed by atoms with Gasteiger partial charge in [-0.05, 0) is 37.2 Å². The summed E-state index contributed by atoms with van der Waals surface area (Å²) in [5.41, 5.74) is 1.48. The Morgan fingerprint density at radius 2 is 2.24 bits per heavy atom. The summed E-state index contributed by atoms with van der Waals surface area (Å²) in [7, 11) is 0. The minimum atomic E-state index is -0.194. The fourth-order valence-electron chi connectivity index (χ4n) is 2.87. The minimum Gasteiger partial charge on any atom is -0.449 e. The number of para-hydroxylation sites is 1. The molecule has 3 heterocycles. The van der Waals surface area contributed by atoms with Crippen LogP contribution in [0.1, 0.15) is 12.8 Å². The highest BCUT2D eigenvalue weighted by Gasteiger charge is 2.19. The molecule has 108 valence electrons. The van der Waals surface area contributed by atoms with Crippen LogP contribution in [-0.4, -0.2) is 22.3 Å². The Morgan fingerprint density at radius 3 is 3.05 bits per heavy atom. The van der Waals surface area contributed by atoms with Crippen LogP contribution < -0.4 is 5.56 Å². The second kappa shape index (κ2) is 4.82. The molecule has 0 saturated carbocycles. The number of nitrogens with zero attached hydrogens (tertiary/aromatic N) is 1. The second-order valence-corrected chi connectivity index (χ2v) is 5.67. The number of nitrogens with one attached hydrogen (secondary N) is 1. The van der Waals surface area contributed by atoms with Crippen LogP contribution in [-0.2, 0) is 11.3 Å². The van der Waals surface area contributed by atoms with E-state index in [0.717, 1.165) is 24.8 Å². The van der Waals surface area contributed by atoms with E-state index in [2.05, 4.69) is 4.98 Å². The van der Waals surface area contributed by atoms with Crippen molar-refractivity contribution in [1.29, 1.82) is 0 Å². The van der Waals surface area contributed by atoms with Gasteiger partial charge in [-0.15, -0.1) is 0 Å². The molecule has 0 amide bonds. The topological polar surface area (TPSA) is 60.2 Å². The van der Waals surface area contributed by atoms with Gasteiger partial charge < -0.3 is 14.1 Å². The maximum atomic E-state index is 12.6. The molecule has 0 bridgehead atoms. The van der Waals surface area contributed by atoms with E-state index in [0.29, 0.717) is 28.0 Å². The summed E-state index contributed by atoms with van der Waals surface area (Å²) in [6, 6.07) is 7.54. The Labute approximate surface area is 125 Å². The summed E-state index contributed by atoms with van der Waals surface area (Å²) < 4.78 is 13.2. The first-order chi connectivity index (χ1) is 10.2. The van der Waals surface area contributed by atoms with Gasteiger partial charge in [-0.3, -0.25) is 9.36 Å². The van der Waals surface area contributed by atoms with Crippen LogP contribution in [0.25, 0.3) is 22.1 Å². The van der Waals surface area contributed by atoms with Crippen molar-refractivity contribution in [3.8, 4) is 0 Å². The van der Waals surface area contributed by atoms with Crippen LogP contribution in [0.5, 0.6) is 0 Å². The van der Waals surface area contributed by atoms with E-state index in [9.17, 15) is 4.79 Å². The van der Waals surface area contributed by atoms with Gasteiger partial charge in [0.25, 0.3) is 5.56 Å². The molecule has 3 aromatic rings. The average molecular weight is 302 g/mol. The van der Waals surface area contributed by atoms with E-state index in [1.165, 1.54) is 4.57 Å². The van der Waals surface area contributed by atoms with Crippen LogP contribution in [0, 0.1) is 4.77 Å². The summed E-state index contributed by atoms with van der Waals surface area (Å²) in [5.74, 6) is 0. The first kappa shape index (κ1) is 12.8. The van der Waals surface area contributed by atoms with E-state index in [1.54, 1.807) is 0 Å². The molecule has 6 heteroatoms. The SMILES string of the molecule is O=c1c2oc3ccccc3c2[nH]c(=S)n1C[C@H]1CCCO1. The lowest BCUT2D eigenvalue weighted by atomic mass is 10.2. The molecule has 5 nitrogen and oxygen atoms in total. The van der Waals surface area contributed by atoms with E-state index in [1.807, 2.05) is 24.3 Å². The molecule has 0 unspecified atom stereocenters. The number of hydrogen-bond acceptors (Lipinski definition) is 4. The summed E-state index contributed by atoms with van der Waals surface area (Å²) in [4.78, 5) is 15.8. The molecule has 0 spiro atoms. The van der Waals surface area contributed by atoms with Gasteiger partial charge in [-0.1, -0.05) is 12.1 Å². The quantitative estimate of drug-likeness (QED) is 0.739. The first-order valence-electron chi connectivity index (χ1n) is 7.00. The number of aromatic amines is 1. The standard InChI is InChI=1S/C15H14N2O3S/c18-14-13-12(10-5-1-2-6-11(10)20-13)16-15(21)17(14)8-9-4-3-7-19-9/h1-2,5-6,9H,3-4,7-8H2,(H,16,21)/t9-/m1/s1. The molecule has 1 fully saturated rings. The van der Waals surface area contributed by atoms with Crippen LogP contribution in [0.3, 0.4) is 0 Å². The number of aromatic nitrogens is 2. The molecule has 4 rings (SSSR count). The van der Waals surface area contributed by atoms with Crippen molar-refractivity contribution < 1.29 is 9.15 Å². The molecule has 0 aliphatic carbocycles. The number of benzene rings is 1. The molecular weight excluding hydrogens is 288 g/mol. The smallest absolute Gasteiger partial charge is 0.298 e. The van der Waals surface area contributed by atoms with Gasteiger partial charge in [-0.25, -0.2) is 0 Å². The number of H-pyrrole nitrogens is 1. The molecular formula is C15H14N2O3S. The third-order valence-corrected chi connectivity index (χ3v) is 4.24.